The number of nitrogens with zero attached hydrogens (tertiary/aromatic N) is 4. The minimum atomic E-state index is -1.12. The number of allylic oxidation sites excluding steroid dienone is 1. The first kappa shape index (κ1) is 35.7. The average Bonchev–Trinajstić information content (AvgIpc) is 3.56. The number of rotatable bonds is 12. The molecule has 2 fully saturated rings. The number of aryl methyl sites for hydroxylation is 1. The summed E-state index contributed by atoms with van der Waals surface area (Å²) >= 11 is 0. The molecule has 4 rings (SSSR count). The van der Waals surface area contributed by atoms with Crippen molar-refractivity contribution in [2.45, 2.75) is 91.0 Å². The summed E-state index contributed by atoms with van der Waals surface area (Å²) in [6.07, 6.45) is 5.90. The highest BCUT2D eigenvalue weighted by Gasteiger charge is 2.32. The zero-order valence-electron chi connectivity index (χ0n) is 28.1. The first-order valence-electron chi connectivity index (χ1n) is 16.6. The Bertz CT molecular complexity index is 1460. The lowest BCUT2D eigenvalue weighted by Gasteiger charge is -2.33. The fourth-order valence-corrected chi connectivity index (χ4v) is 5.88. The van der Waals surface area contributed by atoms with E-state index in [1.807, 2.05) is 14.0 Å². The normalized spacial score (nSPS) is 17.8. The van der Waals surface area contributed by atoms with Gasteiger partial charge in [-0.1, -0.05) is 32.3 Å². The van der Waals surface area contributed by atoms with Crippen molar-refractivity contribution in [1.29, 1.82) is 0 Å². The molecule has 47 heavy (non-hydrogen) atoms. The zero-order valence-corrected chi connectivity index (χ0v) is 28.1. The van der Waals surface area contributed by atoms with E-state index in [0.29, 0.717) is 49.6 Å². The molecule has 0 bridgehead atoms. The maximum atomic E-state index is 15.6. The van der Waals surface area contributed by atoms with Crippen LogP contribution >= 0.6 is 0 Å². The van der Waals surface area contributed by atoms with E-state index in [4.69, 9.17) is 4.74 Å². The molecule has 3 N–H and O–H groups in total. The number of piperazine rings is 1. The molecule has 256 valence electrons. The standard InChI is InChI=1S/C34H48FN7O5/c1-6-29(43)38-30(34(46)41-19-17-40(5)18-20-41)22(3)24-13-14-27(26(35)21-24)37-33(45)31(23(4)47-25-11-9-8-10-12-25)39-32(44)28-15-16-36-42(28)7-2/h13-16,21,23,25,31H,6-12,17-20H2,1-5H3,(H,37,45)(H,38,43)(H,39,44)/b30-22+/t23-,31+/m1/s1. The van der Waals surface area contributed by atoms with Crippen LogP contribution in [0.15, 0.2) is 36.2 Å². The molecule has 1 aliphatic carbocycles. The molecule has 1 aliphatic heterocycles. The number of ether oxygens (including phenoxy) is 1. The van der Waals surface area contributed by atoms with Crippen LogP contribution in [0.25, 0.3) is 5.57 Å². The molecule has 1 saturated carbocycles. The molecule has 0 spiro atoms. The van der Waals surface area contributed by atoms with Gasteiger partial charge in [0.25, 0.3) is 11.8 Å². The van der Waals surface area contributed by atoms with Crippen LogP contribution in [0.3, 0.4) is 0 Å². The fraction of sp³-hybridized carbons (Fsp3) is 0.559. The maximum absolute atomic E-state index is 15.6. The van der Waals surface area contributed by atoms with Crippen LogP contribution in [-0.2, 0) is 25.7 Å². The van der Waals surface area contributed by atoms with Crippen LogP contribution in [0.4, 0.5) is 10.1 Å². The predicted octanol–water partition coefficient (Wildman–Crippen LogP) is 3.55. The fourth-order valence-electron chi connectivity index (χ4n) is 5.88. The number of hydrogen-bond acceptors (Lipinski definition) is 7. The van der Waals surface area contributed by atoms with Gasteiger partial charge in [-0.15, -0.1) is 0 Å². The second-order valence-electron chi connectivity index (χ2n) is 12.3. The van der Waals surface area contributed by atoms with Gasteiger partial charge in [0, 0.05) is 45.3 Å². The Morgan fingerprint density at radius 3 is 2.38 bits per heavy atom. The molecule has 1 aromatic carbocycles. The second kappa shape index (κ2) is 16.6. The van der Waals surface area contributed by atoms with Crippen molar-refractivity contribution in [3.05, 3.63) is 53.2 Å². The Hall–Kier alpha value is -4.10. The van der Waals surface area contributed by atoms with Gasteiger partial charge in [-0.05, 0) is 70.0 Å². The van der Waals surface area contributed by atoms with Crippen molar-refractivity contribution < 1.29 is 28.3 Å². The number of likely N-dealkylation sites (N-methyl/N-ethyl adjacent to an activating group) is 1. The summed E-state index contributed by atoms with van der Waals surface area (Å²) < 4.78 is 23.4. The van der Waals surface area contributed by atoms with Crippen LogP contribution in [0.1, 0.15) is 82.3 Å². The third kappa shape index (κ3) is 9.25. The lowest BCUT2D eigenvalue weighted by Crippen LogP contribution is -2.52. The molecule has 0 radical (unpaired) electrons. The third-order valence-electron chi connectivity index (χ3n) is 8.87. The van der Waals surface area contributed by atoms with E-state index in [1.54, 1.807) is 37.8 Å². The number of carbonyl (C=O) groups is 4. The van der Waals surface area contributed by atoms with E-state index in [9.17, 15) is 19.2 Å². The van der Waals surface area contributed by atoms with Crippen LogP contribution in [0.2, 0.25) is 0 Å². The van der Waals surface area contributed by atoms with Crippen LogP contribution in [0, 0.1) is 5.82 Å². The minimum absolute atomic E-state index is 0.0335. The van der Waals surface area contributed by atoms with E-state index in [0.717, 1.165) is 32.1 Å². The van der Waals surface area contributed by atoms with Crippen molar-refractivity contribution in [3.8, 4) is 0 Å². The van der Waals surface area contributed by atoms with Gasteiger partial charge in [0.05, 0.1) is 17.9 Å². The number of amides is 4. The molecule has 2 aliphatic rings. The molecule has 1 aromatic heterocycles. The highest BCUT2D eigenvalue weighted by Crippen LogP contribution is 2.26. The number of carbonyl (C=O) groups excluding carboxylic acids is 4. The Morgan fingerprint density at radius 1 is 1.04 bits per heavy atom. The summed E-state index contributed by atoms with van der Waals surface area (Å²) in [4.78, 5) is 56.6. The number of anilines is 1. The molecule has 2 atom stereocenters. The van der Waals surface area contributed by atoms with Crippen LogP contribution < -0.4 is 16.0 Å². The lowest BCUT2D eigenvalue weighted by molar-refractivity contribution is -0.131. The molecule has 4 amide bonds. The van der Waals surface area contributed by atoms with E-state index in [-0.39, 0.29) is 35.7 Å². The highest BCUT2D eigenvalue weighted by molar-refractivity contribution is 6.04. The Labute approximate surface area is 276 Å². The van der Waals surface area contributed by atoms with E-state index >= 15 is 4.39 Å². The lowest BCUT2D eigenvalue weighted by atomic mass is 9.97. The molecule has 2 heterocycles. The predicted molar refractivity (Wildman–Crippen MR) is 177 cm³/mol. The van der Waals surface area contributed by atoms with Gasteiger partial charge in [-0.2, -0.15) is 5.10 Å². The number of benzene rings is 1. The van der Waals surface area contributed by atoms with Crippen molar-refractivity contribution in [3.63, 3.8) is 0 Å². The molecular formula is C34H48FN7O5. The minimum Gasteiger partial charge on any atom is -0.373 e. The van der Waals surface area contributed by atoms with Gasteiger partial charge in [-0.3, -0.25) is 23.9 Å². The number of hydrogen-bond donors (Lipinski definition) is 3. The molecular weight excluding hydrogens is 605 g/mol. The summed E-state index contributed by atoms with van der Waals surface area (Å²) in [6.45, 7) is 9.83. The smallest absolute Gasteiger partial charge is 0.270 e. The number of aromatic nitrogens is 2. The van der Waals surface area contributed by atoms with Crippen molar-refractivity contribution in [2.24, 2.45) is 0 Å². The molecule has 0 unspecified atom stereocenters. The quantitative estimate of drug-likeness (QED) is 0.298. The summed E-state index contributed by atoms with van der Waals surface area (Å²) in [5.74, 6) is -2.52. The van der Waals surface area contributed by atoms with E-state index in [2.05, 4.69) is 25.9 Å². The molecule has 13 heteroatoms. The summed E-state index contributed by atoms with van der Waals surface area (Å²) in [5.41, 5.74) is 1.07. The van der Waals surface area contributed by atoms with Gasteiger partial charge in [0.1, 0.15) is 23.3 Å². The van der Waals surface area contributed by atoms with E-state index in [1.165, 1.54) is 23.0 Å². The van der Waals surface area contributed by atoms with Crippen LogP contribution in [0.5, 0.6) is 0 Å². The van der Waals surface area contributed by atoms with Crippen molar-refractivity contribution in [2.75, 3.05) is 38.5 Å². The summed E-state index contributed by atoms with van der Waals surface area (Å²) in [5, 5.41) is 12.3. The summed E-state index contributed by atoms with van der Waals surface area (Å²) in [6, 6.07) is 4.65. The Balaban J connectivity index is 1.56. The maximum Gasteiger partial charge on any atom is 0.270 e. The van der Waals surface area contributed by atoms with Crippen LogP contribution in [-0.4, -0.2) is 94.7 Å². The van der Waals surface area contributed by atoms with E-state index < -0.39 is 29.8 Å². The Morgan fingerprint density at radius 2 is 1.74 bits per heavy atom. The zero-order chi connectivity index (χ0) is 34.1. The molecule has 1 saturated heterocycles. The van der Waals surface area contributed by atoms with Gasteiger partial charge < -0.3 is 30.5 Å². The number of nitrogens with one attached hydrogen (secondary N) is 3. The van der Waals surface area contributed by atoms with Gasteiger partial charge in [0.15, 0.2) is 0 Å². The van der Waals surface area contributed by atoms with Gasteiger partial charge >= 0.3 is 0 Å². The SMILES string of the molecule is CCC(=O)N/C(C(=O)N1CCN(C)CC1)=C(\C)c1ccc(NC(=O)[C@@H](NC(=O)c2ccnn2CC)[C@@H](C)OC2CCCCC2)c(F)c1. The third-order valence-corrected chi connectivity index (χ3v) is 8.87. The largest absolute Gasteiger partial charge is 0.373 e. The molecule has 12 nitrogen and oxygen atoms in total. The summed E-state index contributed by atoms with van der Waals surface area (Å²) in [7, 11) is 1.98. The van der Waals surface area contributed by atoms with Gasteiger partial charge in [0.2, 0.25) is 11.8 Å². The van der Waals surface area contributed by atoms with Crippen molar-refractivity contribution >= 4 is 34.9 Å². The van der Waals surface area contributed by atoms with Gasteiger partial charge in [-0.25, -0.2) is 4.39 Å². The first-order chi connectivity index (χ1) is 22.5. The Kier molecular flexibility index (Phi) is 12.7. The molecule has 2 aromatic rings. The second-order valence-corrected chi connectivity index (χ2v) is 12.3. The number of halogens is 1. The first-order valence-corrected chi connectivity index (χ1v) is 16.6. The topological polar surface area (TPSA) is 138 Å². The highest BCUT2D eigenvalue weighted by atomic mass is 19.1. The van der Waals surface area contributed by atoms with Crippen molar-refractivity contribution in [1.82, 2.24) is 30.2 Å². The average molecular weight is 654 g/mol. The monoisotopic (exact) mass is 653 g/mol.